The zero-order valence-corrected chi connectivity index (χ0v) is 12.8. The van der Waals surface area contributed by atoms with Crippen LogP contribution < -0.4 is 5.48 Å². The van der Waals surface area contributed by atoms with Gasteiger partial charge in [-0.15, -0.1) is 0 Å². The highest BCUT2D eigenvalue weighted by Gasteiger charge is 2.14. The molecule has 0 fully saturated rings. The fourth-order valence-electron chi connectivity index (χ4n) is 2.41. The number of carbonyl (C=O) groups excluding carboxylic acids is 1. The van der Waals surface area contributed by atoms with Crippen molar-refractivity contribution in [2.45, 2.75) is 19.4 Å². The Morgan fingerprint density at radius 2 is 2.00 bits per heavy atom. The van der Waals surface area contributed by atoms with Gasteiger partial charge in [-0.2, -0.15) is 0 Å². The summed E-state index contributed by atoms with van der Waals surface area (Å²) in [5.41, 5.74) is 4.08. The van der Waals surface area contributed by atoms with E-state index in [0.717, 1.165) is 17.7 Å². The zero-order valence-electron chi connectivity index (χ0n) is 12.8. The lowest BCUT2D eigenvalue weighted by molar-refractivity contribution is -0.00722. The molecule has 0 spiro atoms. The molecule has 3 rings (SSSR count). The predicted octanol–water partition coefficient (Wildman–Crippen LogP) is 3.13. The third-order valence-corrected chi connectivity index (χ3v) is 3.61. The molecule has 2 N–H and O–H groups in total. The Morgan fingerprint density at radius 1 is 1.29 bits per heavy atom. The van der Waals surface area contributed by atoms with Crippen molar-refractivity contribution in [2.75, 3.05) is 0 Å². The molecule has 2 aromatic heterocycles. The van der Waals surface area contributed by atoms with Crippen LogP contribution in [0, 0.1) is 11.6 Å². The monoisotopic (exact) mass is 331 g/mol. The van der Waals surface area contributed by atoms with E-state index in [2.05, 4.69) is 15.4 Å². The van der Waals surface area contributed by atoms with Crippen LogP contribution in [0.5, 0.6) is 0 Å². The number of nitrogens with one attached hydrogen (secondary N) is 2. The molecule has 1 unspecified atom stereocenters. The number of nitrogens with zero attached hydrogens (tertiary/aromatic N) is 1. The lowest BCUT2D eigenvalue weighted by Gasteiger charge is -2.13. The number of hydroxylamine groups is 1. The van der Waals surface area contributed by atoms with Crippen molar-refractivity contribution in [1.82, 2.24) is 15.4 Å². The summed E-state index contributed by atoms with van der Waals surface area (Å²) in [6.45, 7) is 1.77. The summed E-state index contributed by atoms with van der Waals surface area (Å²) in [5.74, 6) is -2.18. The second-order valence-corrected chi connectivity index (χ2v) is 5.43. The fraction of sp³-hybridized carbons (Fsp3) is 0.176. The van der Waals surface area contributed by atoms with E-state index in [0.29, 0.717) is 22.9 Å². The lowest BCUT2D eigenvalue weighted by atomic mass is 10.1. The number of pyridine rings is 1. The number of H-pyrrole nitrogens is 1. The molecule has 0 radical (unpaired) electrons. The average Bonchev–Trinajstić information content (AvgIpc) is 2.95. The maximum absolute atomic E-state index is 13.4. The first-order valence-corrected chi connectivity index (χ1v) is 7.35. The van der Waals surface area contributed by atoms with Crippen LogP contribution in [0.4, 0.5) is 8.78 Å². The van der Waals surface area contributed by atoms with E-state index < -0.39 is 11.6 Å². The van der Waals surface area contributed by atoms with Crippen LogP contribution in [0.3, 0.4) is 0 Å². The number of carbonyl (C=O) groups is 1. The number of fused-ring (bicyclic) bond motifs is 1. The Balaban J connectivity index is 1.64. The van der Waals surface area contributed by atoms with Gasteiger partial charge in [-0.05, 0) is 30.7 Å². The molecule has 24 heavy (non-hydrogen) atoms. The molecule has 0 aliphatic heterocycles. The van der Waals surface area contributed by atoms with Gasteiger partial charge in [0.1, 0.15) is 0 Å². The molecular formula is C17H15F2N3O2. The summed E-state index contributed by atoms with van der Waals surface area (Å²) in [4.78, 5) is 23.9. The minimum atomic E-state index is -0.900. The molecule has 1 atom stereocenters. The summed E-state index contributed by atoms with van der Waals surface area (Å²) >= 11 is 0. The molecule has 1 aromatic carbocycles. The number of benzene rings is 1. The molecule has 5 nitrogen and oxygen atoms in total. The number of rotatable bonds is 5. The highest BCUT2D eigenvalue weighted by molar-refractivity contribution is 5.93. The van der Waals surface area contributed by atoms with E-state index in [1.54, 1.807) is 25.3 Å². The van der Waals surface area contributed by atoms with Crippen LogP contribution in [-0.2, 0) is 11.3 Å². The third-order valence-electron chi connectivity index (χ3n) is 3.61. The van der Waals surface area contributed by atoms with Crippen LogP contribution in [0.1, 0.15) is 22.8 Å². The second-order valence-electron chi connectivity index (χ2n) is 5.43. The van der Waals surface area contributed by atoms with Gasteiger partial charge in [-0.25, -0.2) is 14.3 Å². The van der Waals surface area contributed by atoms with Crippen LogP contribution in [0.25, 0.3) is 10.9 Å². The normalized spacial score (nSPS) is 12.3. The molecule has 0 aliphatic carbocycles. The van der Waals surface area contributed by atoms with E-state index in [-0.39, 0.29) is 12.0 Å². The molecule has 0 aliphatic rings. The first kappa shape index (κ1) is 16.1. The van der Waals surface area contributed by atoms with Gasteiger partial charge in [0.15, 0.2) is 11.6 Å². The standard InChI is InChI=1S/C17H15F2N3O2/c1-10(24-22-17(23)11-2-4-20-5-3-11)6-12-9-21-16-8-15(19)14(18)7-13(12)16/h2-5,7-10,21H,6H2,1H3,(H,22,23). The van der Waals surface area contributed by atoms with Gasteiger partial charge in [-0.3, -0.25) is 14.6 Å². The number of amides is 1. The van der Waals surface area contributed by atoms with E-state index in [9.17, 15) is 13.6 Å². The Bertz CT molecular complexity index is 865. The Kier molecular flexibility index (Phi) is 4.52. The van der Waals surface area contributed by atoms with Crippen molar-refractivity contribution in [3.8, 4) is 0 Å². The highest BCUT2D eigenvalue weighted by Crippen LogP contribution is 2.23. The van der Waals surface area contributed by atoms with Crippen molar-refractivity contribution < 1.29 is 18.4 Å². The summed E-state index contributed by atoms with van der Waals surface area (Å²) in [7, 11) is 0. The molecule has 7 heteroatoms. The van der Waals surface area contributed by atoms with Gasteiger partial charge >= 0.3 is 0 Å². The maximum atomic E-state index is 13.4. The number of aromatic amines is 1. The average molecular weight is 331 g/mol. The Morgan fingerprint density at radius 3 is 2.75 bits per heavy atom. The number of halogens is 2. The van der Waals surface area contributed by atoms with E-state index in [1.807, 2.05) is 0 Å². The minimum absolute atomic E-state index is 0.358. The smallest absolute Gasteiger partial charge is 0.274 e. The molecule has 0 bridgehead atoms. The third kappa shape index (κ3) is 3.41. The van der Waals surface area contributed by atoms with Crippen molar-refractivity contribution in [3.63, 3.8) is 0 Å². The van der Waals surface area contributed by atoms with Crippen molar-refractivity contribution in [1.29, 1.82) is 0 Å². The molecule has 0 saturated carbocycles. The largest absolute Gasteiger partial charge is 0.361 e. The molecule has 3 aromatic rings. The lowest BCUT2D eigenvalue weighted by Crippen LogP contribution is -2.29. The summed E-state index contributed by atoms with van der Waals surface area (Å²) in [6, 6.07) is 5.41. The Labute approximate surface area is 136 Å². The van der Waals surface area contributed by atoms with E-state index >= 15 is 0 Å². The predicted molar refractivity (Wildman–Crippen MR) is 84.2 cm³/mol. The van der Waals surface area contributed by atoms with E-state index in [4.69, 9.17) is 4.84 Å². The summed E-state index contributed by atoms with van der Waals surface area (Å²) in [5, 5.41) is 0.588. The van der Waals surface area contributed by atoms with Gasteiger partial charge in [0.2, 0.25) is 0 Å². The zero-order chi connectivity index (χ0) is 17.1. The van der Waals surface area contributed by atoms with E-state index in [1.165, 1.54) is 12.4 Å². The van der Waals surface area contributed by atoms with Crippen LogP contribution >= 0.6 is 0 Å². The van der Waals surface area contributed by atoms with Gasteiger partial charge in [0.05, 0.1) is 6.10 Å². The van der Waals surface area contributed by atoms with Crippen LogP contribution in [-0.4, -0.2) is 22.0 Å². The van der Waals surface area contributed by atoms with Gasteiger partial charge in [0, 0.05) is 47.5 Å². The minimum Gasteiger partial charge on any atom is -0.361 e. The summed E-state index contributed by atoms with van der Waals surface area (Å²) < 4.78 is 26.6. The molecule has 0 saturated heterocycles. The highest BCUT2D eigenvalue weighted by atomic mass is 19.2. The molecular weight excluding hydrogens is 316 g/mol. The number of hydrogen-bond donors (Lipinski definition) is 2. The maximum Gasteiger partial charge on any atom is 0.274 e. The number of aromatic nitrogens is 2. The van der Waals surface area contributed by atoms with Crippen molar-refractivity contribution in [3.05, 3.63) is 65.6 Å². The van der Waals surface area contributed by atoms with Crippen LogP contribution in [0.2, 0.25) is 0 Å². The van der Waals surface area contributed by atoms with Crippen molar-refractivity contribution >= 4 is 16.8 Å². The van der Waals surface area contributed by atoms with Gasteiger partial charge in [0.25, 0.3) is 5.91 Å². The second kappa shape index (κ2) is 6.76. The van der Waals surface area contributed by atoms with Gasteiger partial charge < -0.3 is 4.98 Å². The molecule has 1 amide bonds. The first-order chi connectivity index (χ1) is 11.5. The molecule has 2 heterocycles. The van der Waals surface area contributed by atoms with Crippen LogP contribution in [0.15, 0.2) is 42.9 Å². The quantitative estimate of drug-likeness (QED) is 0.706. The van der Waals surface area contributed by atoms with Crippen molar-refractivity contribution in [2.24, 2.45) is 0 Å². The topological polar surface area (TPSA) is 67.0 Å². The number of hydrogen-bond acceptors (Lipinski definition) is 3. The summed E-state index contributed by atoms with van der Waals surface area (Å²) in [6.07, 6.45) is 4.76. The Hall–Kier alpha value is -2.80. The first-order valence-electron chi connectivity index (χ1n) is 7.35. The molecule has 124 valence electrons. The fourth-order valence-corrected chi connectivity index (χ4v) is 2.41. The van der Waals surface area contributed by atoms with Gasteiger partial charge in [-0.1, -0.05) is 0 Å². The SMILES string of the molecule is CC(Cc1c[nH]c2cc(F)c(F)cc12)ONC(=O)c1ccncc1.